The van der Waals surface area contributed by atoms with Gasteiger partial charge >= 0.3 is 0 Å². The van der Waals surface area contributed by atoms with E-state index in [1.807, 2.05) is 17.8 Å². The van der Waals surface area contributed by atoms with Crippen molar-refractivity contribution in [3.63, 3.8) is 0 Å². The lowest BCUT2D eigenvalue weighted by atomic mass is 10.2. The van der Waals surface area contributed by atoms with Crippen molar-refractivity contribution in [2.75, 3.05) is 5.75 Å². The second-order valence-corrected chi connectivity index (χ2v) is 4.38. The van der Waals surface area contributed by atoms with Gasteiger partial charge in [-0.1, -0.05) is 44.2 Å². The van der Waals surface area contributed by atoms with E-state index in [2.05, 4.69) is 49.6 Å². The smallest absolute Gasteiger partial charge is 0.000284 e. The third-order valence-electron chi connectivity index (χ3n) is 1.59. The Balaban J connectivity index is 2.33. The second kappa shape index (κ2) is 5.87. The molecule has 0 bridgehead atoms. The number of benzene rings is 1. The predicted molar refractivity (Wildman–Crippen MR) is 62.8 cm³/mol. The third-order valence-corrected chi connectivity index (χ3v) is 2.77. The molecule has 1 heteroatoms. The number of thioether (sulfide) groups is 1. The van der Waals surface area contributed by atoms with Gasteiger partial charge in [-0.25, -0.2) is 0 Å². The van der Waals surface area contributed by atoms with E-state index in [1.165, 1.54) is 11.3 Å². The van der Waals surface area contributed by atoms with Gasteiger partial charge in [-0.15, -0.1) is 11.8 Å². The summed E-state index contributed by atoms with van der Waals surface area (Å²) in [6.07, 6.45) is 2.16. The molecule has 1 aromatic carbocycles. The largest absolute Gasteiger partial charge is 0.134 e. The van der Waals surface area contributed by atoms with Crippen molar-refractivity contribution in [2.24, 2.45) is 5.92 Å². The number of rotatable bonds is 4. The first-order chi connectivity index (χ1) is 6.29. The zero-order valence-corrected chi connectivity index (χ0v) is 9.05. The highest BCUT2D eigenvalue weighted by atomic mass is 32.2. The van der Waals surface area contributed by atoms with Gasteiger partial charge in [0.2, 0.25) is 0 Å². The maximum Gasteiger partial charge on any atom is -0.000284 e. The molecule has 0 aliphatic rings. The lowest BCUT2D eigenvalue weighted by Gasteiger charge is -1.98. The first-order valence-corrected chi connectivity index (χ1v) is 5.67. The minimum Gasteiger partial charge on any atom is -0.134 e. The van der Waals surface area contributed by atoms with E-state index in [0.29, 0.717) is 0 Å². The van der Waals surface area contributed by atoms with Gasteiger partial charge in [0.15, 0.2) is 0 Å². The molecule has 70 valence electrons. The van der Waals surface area contributed by atoms with E-state index in [1.54, 1.807) is 0 Å². The van der Waals surface area contributed by atoms with E-state index in [9.17, 15) is 0 Å². The molecular weight excluding hydrogens is 176 g/mol. The van der Waals surface area contributed by atoms with Crippen molar-refractivity contribution in [2.45, 2.75) is 13.8 Å². The molecular formula is C12H16S. The highest BCUT2D eigenvalue weighted by molar-refractivity contribution is 8.02. The molecule has 0 radical (unpaired) electrons. The van der Waals surface area contributed by atoms with E-state index in [-0.39, 0.29) is 0 Å². The van der Waals surface area contributed by atoms with Gasteiger partial charge in [-0.05, 0) is 28.7 Å². The van der Waals surface area contributed by atoms with Crippen LogP contribution in [0.15, 0.2) is 35.7 Å². The molecule has 0 nitrogen and oxygen atoms in total. The molecule has 0 N–H and O–H groups in total. The Morgan fingerprint density at radius 1 is 1.23 bits per heavy atom. The Hall–Kier alpha value is -0.690. The monoisotopic (exact) mass is 192 g/mol. The predicted octanol–water partition coefficient (Wildman–Crippen LogP) is 4.05. The fourth-order valence-electron chi connectivity index (χ4n) is 0.939. The topological polar surface area (TPSA) is 0 Å². The van der Waals surface area contributed by atoms with Gasteiger partial charge in [0.05, 0.1) is 0 Å². The first-order valence-electron chi connectivity index (χ1n) is 4.62. The molecule has 0 atom stereocenters. The average Bonchev–Trinajstić information content (AvgIpc) is 2.14. The molecule has 0 unspecified atom stereocenters. The zero-order valence-electron chi connectivity index (χ0n) is 8.23. The molecule has 0 spiro atoms. The van der Waals surface area contributed by atoms with Crippen LogP contribution in [0.25, 0.3) is 6.08 Å². The summed E-state index contributed by atoms with van der Waals surface area (Å²) in [4.78, 5) is 0. The minimum absolute atomic E-state index is 0.769. The van der Waals surface area contributed by atoms with Gasteiger partial charge in [-0.2, -0.15) is 0 Å². The SMILES string of the molecule is CC(C)CS/C=C\c1ccccc1. The van der Waals surface area contributed by atoms with Crippen LogP contribution in [0.5, 0.6) is 0 Å². The van der Waals surface area contributed by atoms with Crippen molar-refractivity contribution in [1.29, 1.82) is 0 Å². The van der Waals surface area contributed by atoms with Crippen molar-refractivity contribution in [3.05, 3.63) is 41.3 Å². The quantitative estimate of drug-likeness (QED) is 0.693. The molecule has 0 fully saturated rings. The summed E-state index contributed by atoms with van der Waals surface area (Å²) >= 11 is 1.88. The molecule has 1 aromatic rings. The normalized spacial score (nSPS) is 11.3. The summed E-state index contributed by atoms with van der Waals surface area (Å²) in [6, 6.07) is 10.4. The maximum absolute atomic E-state index is 2.24. The van der Waals surface area contributed by atoms with Crippen LogP contribution in [0, 0.1) is 5.92 Å². The van der Waals surface area contributed by atoms with Crippen LogP contribution in [0.2, 0.25) is 0 Å². The molecule has 0 amide bonds. The summed E-state index contributed by atoms with van der Waals surface area (Å²) in [5.41, 5.74) is 1.28. The van der Waals surface area contributed by atoms with E-state index in [4.69, 9.17) is 0 Å². The van der Waals surface area contributed by atoms with Crippen molar-refractivity contribution < 1.29 is 0 Å². The van der Waals surface area contributed by atoms with Gasteiger partial charge in [0.1, 0.15) is 0 Å². The molecule has 0 aromatic heterocycles. The van der Waals surface area contributed by atoms with E-state index < -0.39 is 0 Å². The molecule has 0 heterocycles. The highest BCUT2D eigenvalue weighted by Crippen LogP contribution is 2.11. The number of hydrogen-bond acceptors (Lipinski definition) is 1. The fourth-order valence-corrected chi connectivity index (χ4v) is 1.69. The van der Waals surface area contributed by atoms with Gasteiger partial charge in [0.25, 0.3) is 0 Å². The van der Waals surface area contributed by atoms with Crippen LogP contribution in [0.4, 0.5) is 0 Å². The lowest BCUT2D eigenvalue weighted by Crippen LogP contribution is -1.87. The van der Waals surface area contributed by atoms with Crippen LogP contribution in [0.1, 0.15) is 19.4 Å². The van der Waals surface area contributed by atoms with E-state index in [0.717, 1.165) is 5.92 Å². The van der Waals surface area contributed by atoms with Gasteiger partial charge < -0.3 is 0 Å². The third kappa shape index (κ3) is 4.79. The Morgan fingerprint density at radius 3 is 2.54 bits per heavy atom. The minimum atomic E-state index is 0.769. The Bertz CT molecular complexity index is 249. The van der Waals surface area contributed by atoms with Crippen LogP contribution < -0.4 is 0 Å². The Morgan fingerprint density at radius 2 is 1.92 bits per heavy atom. The molecule has 0 aliphatic heterocycles. The average molecular weight is 192 g/mol. The first kappa shape index (κ1) is 10.4. The molecule has 13 heavy (non-hydrogen) atoms. The Kier molecular flexibility index (Phi) is 4.69. The Labute approximate surface area is 85.1 Å². The van der Waals surface area contributed by atoms with Crippen LogP contribution in [0.3, 0.4) is 0 Å². The fraction of sp³-hybridized carbons (Fsp3) is 0.333. The van der Waals surface area contributed by atoms with Crippen LogP contribution in [-0.2, 0) is 0 Å². The molecule has 0 saturated carbocycles. The van der Waals surface area contributed by atoms with Gasteiger partial charge in [-0.3, -0.25) is 0 Å². The van der Waals surface area contributed by atoms with Crippen molar-refractivity contribution >= 4 is 17.8 Å². The zero-order chi connectivity index (χ0) is 9.52. The highest BCUT2D eigenvalue weighted by Gasteiger charge is 1.89. The van der Waals surface area contributed by atoms with Crippen molar-refractivity contribution in [1.82, 2.24) is 0 Å². The standard InChI is InChI=1S/C12H16S/c1-11(2)10-13-9-8-12-6-4-3-5-7-12/h3-9,11H,10H2,1-2H3/b9-8-. The molecule has 1 rings (SSSR count). The molecule has 0 saturated heterocycles. The lowest BCUT2D eigenvalue weighted by molar-refractivity contribution is 0.751. The second-order valence-electron chi connectivity index (χ2n) is 3.44. The summed E-state index contributed by atoms with van der Waals surface area (Å²) in [7, 11) is 0. The van der Waals surface area contributed by atoms with E-state index >= 15 is 0 Å². The van der Waals surface area contributed by atoms with Crippen molar-refractivity contribution in [3.8, 4) is 0 Å². The molecule has 0 aliphatic carbocycles. The summed E-state index contributed by atoms with van der Waals surface area (Å²) in [6.45, 7) is 4.48. The van der Waals surface area contributed by atoms with Crippen LogP contribution >= 0.6 is 11.8 Å². The maximum atomic E-state index is 2.24. The summed E-state index contributed by atoms with van der Waals surface area (Å²) < 4.78 is 0. The summed E-state index contributed by atoms with van der Waals surface area (Å²) in [5, 5.41) is 2.18. The summed E-state index contributed by atoms with van der Waals surface area (Å²) in [5.74, 6) is 1.97. The van der Waals surface area contributed by atoms with Crippen LogP contribution in [-0.4, -0.2) is 5.75 Å². The van der Waals surface area contributed by atoms with Gasteiger partial charge in [0, 0.05) is 0 Å². The number of hydrogen-bond donors (Lipinski definition) is 0.